The summed E-state index contributed by atoms with van der Waals surface area (Å²) in [7, 11) is 0. The maximum absolute atomic E-state index is 12.1. The summed E-state index contributed by atoms with van der Waals surface area (Å²) in [5, 5.41) is 6.82. The number of anilines is 2. The summed E-state index contributed by atoms with van der Waals surface area (Å²) in [6.45, 7) is 3.70. The van der Waals surface area contributed by atoms with Crippen LogP contribution in [0.5, 0.6) is 0 Å². The van der Waals surface area contributed by atoms with E-state index in [0.717, 1.165) is 24.1 Å². The van der Waals surface area contributed by atoms with Crippen molar-refractivity contribution < 1.29 is 4.79 Å². The van der Waals surface area contributed by atoms with Gasteiger partial charge in [0.25, 0.3) is 5.91 Å². The van der Waals surface area contributed by atoms with Crippen molar-refractivity contribution in [2.24, 2.45) is 0 Å². The molecule has 0 aliphatic heterocycles. The van der Waals surface area contributed by atoms with E-state index in [0.29, 0.717) is 28.4 Å². The van der Waals surface area contributed by atoms with E-state index in [9.17, 15) is 4.79 Å². The molecule has 0 radical (unpaired) electrons. The molecule has 0 unspecified atom stereocenters. The molecule has 1 aromatic heterocycles. The molecule has 22 heavy (non-hydrogen) atoms. The Morgan fingerprint density at radius 3 is 2.77 bits per heavy atom. The van der Waals surface area contributed by atoms with E-state index in [2.05, 4.69) is 20.6 Å². The van der Waals surface area contributed by atoms with Gasteiger partial charge in [-0.3, -0.25) is 4.79 Å². The topological polar surface area (TPSA) is 66.9 Å². The van der Waals surface area contributed by atoms with Crippen LogP contribution in [0.15, 0.2) is 24.3 Å². The van der Waals surface area contributed by atoms with Crippen molar-refractivity contribution in [3.8, 4) is 0 Å². The second-order valence-electron chi connectivity index (χ2n) is 5.47. The molecule has 0 spiro atoms. The van der Waals surface area contributed by atoms with Crippen molar-refractivity contribution in [1.82, 2.24) is 15.3 Å². The quantitative estimate of drug-likeness (QED) is 0.907. The van der Waals surface area contributed by atoms with E-state index in [-0.39, 0.29) is 5.91 Å². The summed E-state index contributed by atoms with van der Waals surface area (Å²) in [4.78, 5) is 20.7. The van der Waals surface area contributed by atoms with Crippen LogP contribution in [0.3, 0.4) is 0 Å². The maximum atomic E-state index is 12.1. The van der Waals surface area contributed by atoms with Crippen molar-refractivity contribution in [2.45, 2.75) is 32.7 Å². The predicted molar refractivity (Wildman–Crippen MR) is 86.7 cm³/mol. The van der Waals surface area contributed by atoms with Gasteiger partial charge in [-0.15, -0.1) is 0 Å². The number of nitrogens with zero attached hydrogens (tertiary/aromatic N) is 2. The van der Waals surface area contributed by atoms with E-state index in [4.69, 9.17) is 11.6 Å². The summed E-state index contributed by atoms with van der Waals surface area (Å²) < 4.78 is 0. The van der Waals surface area contributed by atoms with Crippen LogP contribution in [-0.4, -0.2) is 21.9 Å². The van der Waals surface area contributed by atoms with Crippen molar-refractivity contribution in [2.75, 3.05) is 5.32 Å². The van der Waals surface area contributed by atoms with E-state index in [1.807, 2.05) is 25.1 Å². The van der Waals surface area contributed by atoms with Crippen LogP contribution in [0.1, 0.15) is 34.7 Å². The Labute approximate surface area is 134 Å². The summed E-state index contributed by atoms with van der Waals surface area (Å²) >= 11 is 6.12. The standard InChI is InChI=1S/C16H17ClN4O/c1-9-12(17)4-3-5-13(9)21-15-8-14(18-10(2)19-15)16(22)20-11-6-7-11/h3-5,8,11H,6-7H2,1-2H3,(H,20,22)(H,18,19,21). The van der Waals surface area contributed by atoms with Crippen LogP contribution in [0.4, 0.5) is 11.5 Å². The number of carbonyl (C=O) groups excluding carboxylic acids is 1. The number of aromatic nitrogens is 2. The number of halogens is 1. The Kier molecular flexibility index (Phi) is 3.98. The van der Waals surface area contributed by atoms with Gasteiger partial charge in [0.2, 0.25) is 0 Å². The highest BCUT2D eigenvalue weighted by Crippen LogP contribution is 2.26. The molecule has 114 valence electrons. The first-order chi connectivity index (χ1) is 10.5. The van der Waals surface area contributed by atoms with Gasteiger partial charge >= 0.3 is 0 Å². The Balaban J connectivity index is 1.85. The Hall–Kier alpha value is -2.14. The number of aryl methyl sites for hydroxylation is 1. The highest BCUT2D eigenvalue weighted by molar-refractivity contribution is 6.31. The molecule has 3 rings (SSSR count). The van der Waals surface area contributed by atoms with Gasteiger partial charge in [-0.1, -0.05) is 17.7 Å². The number of nitrogens with one attached hydrogen (secondary N) is 2. The van der Waals surface area contributed by atoms with E-state index in [1.165, 1.54) is 0 Å². The third-order valence-electron chi connectivity index (χ3n) is 3.51. The average Bonchev–Trinajstić information content (AvgIpc) is 3.27. The normalized spacial score (nSPS) is 13.8. The fraction of sp³-hybridized carbons (Fsp3) is 0.312. The molecule has 1 saturated carbocycles. The van der Waals surface area contributed by atoms with Crippen LogP contribution in [0.25, 0.3) is 0 Å². The predicted octanol–water partition coefficient (Wildman–Crippen LogP) is 3.38. The first-order valence-electron chi connectivity index (χ1n) is 7.21. The molecule has 2 aromatic rings. The number of amides is 1. The monoisotopic (exact) mass is 316 g/mol. The second-order valence-corrected chi connectivity index (χ2v) is 5.88. The van der Waals surface area contributed by atoms with Crippen LogP contribution in [0, 0.1) is 13.8 Å². The Bertz CT molecular complexity index is 728. The zero-order valence-corrected chi connectivity index (χ0v) is 13.2. The largest absolute Gasteiger partial charge is 0.348 e. The van der Waals surface area contributed by atoms with Crippen molar-refractivity contribution in [1.29, 1.82) is 0 Å². The molecule has 1 amide bonds. The van der Waals surface area contributed by atoms with Crippen LogP contribution in [0.2, 0.25) is 5.02 Å². The van der Waals surface area contributed by atoms with Gasteiger partial charge in [-0.05, 0) is 44.4 Å². The third kappa shape index (κ3) is 3.36. The second kappa shape index (κ2) is 5.93. The highest BCUT2D eigenvalue weighted by Gasteiger charge is 2.24. The molecule has 1 aromatic carbocycles. The van der Waals surface area contributed by atoms with Gasteiger partial charge < -0.3 is 10.6 Å². The minimum absolute atomic E-state index is 0.154. The van der Waals surface area contributed by atoms with Gasteiger partial charge in [0.15, 0.2) is 0 Å². The first kappa shape index (κ1) is 14.8. The number of hydrogen-bond donors (Lipinski definition) is 2. The van der Waals surface area contributed by atoms with Crippen LogP contribution in [-0.2, 0) is 0 Å². The van der Waals surface area contributed by atoms with Gasteiger partial charge in [-0.2, -0.15) is 0 Å². The smallest absolute Gasteiger partial charge is 0.270 e. The lowest BCUT2D eigenvalue weighted by molar-refractivity contribution is 0.0945. The molecule has 0 saturated heterocycles. The Morgan fingerprint density at radius 2 is 2.05 bits per heavy atom. The molecule has 1 heterocycles. The fourth-order valence-electron chi connectivity index (χ4n) is 2.12. The fourth-order valence-corrected chi connectivity index (χ4v) is 2.29. The third-order valence-corrected chi connectivity index (χ3v) is 3.92. The van der Waals surface area contributed by atoms with Crippen molar-refractivity contribution in [3.63, 3.8) is 0 Å². The average molecular weight is 317 g/mol. The molecule has 1 aliphatic carbocycles. The molecule has 5 nitrogen and oxygen atoms in total. The van der Waals surface area contributed by atoms with Gasteiger partial charge in [-0.25, -0.2) is 9.97 Å². The molecule has 2 N–H and O–H groups in total. The highest BCUT2D eigenvalue weighted by atomic mass is 35.5. The summed E-state index contributed by atoms with van der Waals surface area (Å²) in [5.74, 6) is 0.975. The lowest BCUT2D eigenvalue weighted by Gasteiger charge is -2.11. The van der Waals surface area contributed by atoms with E-state index >= 15 is 0 Å². The first-order valence-corrected chi connectivity index (χ1v) is 7.59. The summed E-state index contributed by atoms with van der Waals surface area (Å²) in [6.07, 6.45) is 2.09. The number of hydrogen-bond acceptors (Lipinski definition) is 4. The molecular weight excluding hydrogens is 300 g/mol. The van der Waals surface area contributed by atoms with E-state index in [1.54, 1.807) is 13.0 Å². The van der Waals surface area contributed by atoms with Gasteiger partial charge in [0.05, 0.1) is 0 Å². The van der Waals surface area contributed by atoms with Gasteiger partial charge in [0, 0.05) is 22.8 Å². The number of benzene rings is 1. The summed E-state index contributed by atoms with van der Waals surface area (Å²) in [5.41, 5.74) is 2.17. The van der Waals surface area contributed by atoms with Crippen LogP contribution < -0.4 is 10.6 Å². The lowest BCUT2D eigenvalue weighted by atomic mass is 10.2. The van der Waals surface area contributed by atoms with Crippen molar-refractivity contribution in [3.05, 3.63) is 46.4 Å². The molecule has 0 bridgehead atoms. The summed E-state index contributed by atoms with van der Waals surface area (Å²) in [6, 6.07) is 7.58. The number of rotatable bonds is 4. The minimum atomic E-state index is -0.154. The zero-order valence-electron chi connectivity index (χ0n) is 12.5. The molecular formula is C16H17ClN4O. The van der Waals surface area contributed by atoms with Crippen LogP contribution >= 0.6 is 11.6 Å². The molecule has 1 fully saturated rings. The van der Waals surface area contributed by atoms with Crippen molar-refractivity contribution >= 4 is 29.0 Å². The minimum Gasteiger partial charge on any atom is -0.348 e. The molecule has 6 heteroatoms. The SMILES string of the molecule is Cc1nc(Nc2cccc(Cl)c2C)cc(C(=O)NC2CC2)n1. The van der Waals surface area contributed by atoms with E-state index < -0.39 is 0 Å². The van der Waals surface area contributed by atoms with Gasteiger partial charge in [0.1, 0.15) is 17.3 Å². The molecule has 0 atom stereocenters. The number of carbonyl (C=O) groups is 1. The zero-order chi connectivity index (χ0) is 15.7. The maximum Gasteiger partial charge on any atom is 0.270 e. The Morgan fingerprint density at radius 1 is 1.27 bits per heavy atom. The molecule has 1 aliphatic rings. The lowest BCUT2D eigenvalue weighted by Crippen LogP contribution is -2.26.